The largest absolute Gasteiger partial charge is 0.420 e. The van der Waals surface area contributed by atoms with Crippen molar-refractivity contribution in [2.24, 2.45) is 0 Å². The van der Waals surface area contributed by atoms with E-state index in [0.717, 1.165) is 16.7 Å². The van der Waals surface area contributed by atoms with Crippen molar-refractivity contribution in [1.29, 1.82) is 0 Å². The first kappa shape index (κ1) is 19.0. The molecule has 0 radical (unpaired) electrons. The molecule has 1 N–H and O–H groups in total. The van der Waals surface area contributed by atoms with Crippen molar-refractivity contribution in [3.05, 3.63) is 105 Å². The molecule has 0 aliphatic rings. The van der Waals surface area contributed by atoms with Gasteiger partial charge in [-0.2, -0.15) is 0 Å². The number of rotatable bonds is 5. The van der Waals surface area contributed by atoms with Gasteiger partial charge in [0.2, 0.25) is 0 Å². The third kappa shape index (κ3) is 4.10. The molecule has 0 aliphatic carbocycles. The second-order valence-corrected chi connectivity index (χ2v) is 7.30. The number of fused-ring (bicyclic) bond motifs is 1. The number of halogens is 1. The van der Waals surface area contributed by atoms with Gasteiger partial charge in [-0.25, -0.2) is 4.79 Å². The van der Waals surface area contributed by atoms with Crippen molar-refractivity contribution < 1.29 is 9.21 Å². The summed E-state index contributed by atoms with van der Waals surface area (Å²) in [6.45, 7) is 2.70. The molecule has 4 aromatic rings. The number of aryl methyl sites for hydroxylation is 1. The fraction of sp³-hybridized carbons (Fsp3) is 0.130. The topological polar surface area (TPSA) is 64.2 Å². The summed E-state index contributed by atoms with van der Waals surface area (Å²) in [6, 6.07) is 20.3. The van der Waals surface area contributed by atoms with E-state index in [1.54, 1.807) is 24.3 Å². The lowest BCUT2D eigenvalue weighted by molar-refractivity contribution is 0.0951. The van der Waals surface area contributed by atoms with Gasteiger partial charge in [0.1, 0.15) is 0 Å². The second-order valence-electron chi connectivity index (χ2n) is 6.90. The standard InChI is InChI=1S/C23H19ClN2O3/c1-15-6-8-16(9-7-15)14-26-20-12-17(10-11-21(20)29-23(26)28)22(27)25-13-18-4-2-3-5-19(18)24/h2-12H,13-14H2,1H3,(H,25,27). The Labute approximate surface area is 172 Å². The van der Waals surface area contributed by atoms with E-state index in [-0.39, 0.29) is 5.91 Å². The fourth-order valence-corrected chi connectivity index (χ4v) is 3.35. The van der Waals surface area contributed by atoms with Gasteiger partial charge in [0.15, 0.2) is 5.58 Å². The maximum absolute atomic E-state index is 12.6. The lowest BCUT2D eigenvalue weighted by atomic mass is 10.1. The first-order chi connectivity index (χ1) is 14.0. The van der Waals surface area contributed by atoms with E-state index < -0.39 is 5.76 Å². The van der Waals surface area contributed by atoms with Crippen molar-refractivity contribution in [3.63, 3.8) is 0 Å². The molecule has 0 saturated carbocycles. The number of amides is 1. The molecule has 3 aromatic carbocycles. The highest BCUT2D eigenvalue weighted by atomic mass is 35.5. The maximum Gasteiger partial charge on any atom is 0.420 e. The summed E-state index contributed by atoms with van der Waals surface area (Å²) in [4.78, 5) is 24.9. The van der Waals surface area contributed by atoms with Crippen LogP contribution in [0.3, 0.4) is 0 Å². The Morgan fingerprint density at radius 3 is 2.59 bits per heavy atom. The third-order valence-corrected chi connectivity index (χ3v) is 5.16. The third-order valence-electron chi connectivity index (χ3n) is 4.79. The highest BCUT2D eigenvalue weighted by molar-refractivity contribution is 6.31. The lowest BCUT2D eigenvalue weighted by Gasteiger charge is -2.08. The van der Waals surface area contributed by atoms with Gasteiger partial charge in [-0.05, 0) is 42.3 Å². The number of oxazole rings is 1. The van der Waals surface area contributed by atoms with E-state index in [4.69, 9.17) is 16.0 Å². The van der Waals surface area contributed by atoms with Crippen LogP contribution in [0.4, 0.5) is 0 Å². The molecular formula is C23H19ClN2O3. The molecule has 1 aromatic heterocycles. The average molecular weight is 407 g/mol. The minimum Gasteiger partial charge on any atom is -0.408 e. The summed E-state index contributed by atoms with van der Waals surface area (Å²) in [5.41, 5.74) is 4.45. The summed E-state index contributed by atoms with van der Waals surface area (Å²) < 4.78 is 6.87. The molecule has 4 rings (SSSR count). The lowest BCUT2D eigenvalue weighted by Crippen LogP contribution is -2.23. The summed E-state index contributed by atoms with van der Waals surface area (Å²) in [5, 5.41) is 3.46. The molecule has 1 amide bonds. The predicted octanol–water partition coefficient (Wildman–Crippen LogP) is 4.53. The van der Waals surface area contributed by atoms with Crippen molar-refractivity contribution in [1.82, 2.24) is 9.88 Å². The van der Waals surface area contributed by atoms with Gasteiger partial charge >= 0.3 is 5.76 Å². The maximum atomic E-state index is 12.6. The van der Waals surface area contributed by atoms with Crippen molar-refractivity contribution in [3.8, 4) is 0 Å². The van der Waals surface area contributed by atoms with Crippen molar-refractivity contribution >= 4 is 28.6 Å². The molecule has 0 aliphatic heterocycles. The van der Waals surface area contributed by atoms with Crippen LogP contribution >= 0.6 is 11.6 Å². The summed E-state index contributed by atoms with van der Waals surface area (Å²) >= 11 is 6.14. The first-order valence-corrected chi connectivity index (χ1v) is 9.59. The number of hydrogen-bond acceptors (Lipinski definition) is 3. The predicted molar refractivity (Wildman–Crippen MR) is 113 cm³/mol. The Kier molecular flexibility index (Phi) is 5.23. The van der Waals surface area contributed by atoms with Crippen LogP contribution in [0, 0.1) is 6.92 Å². The van der Waals surface area contributed by atoms with Crippen LogP contribution in [-0.2, 0) is 13.1 Å². The highest BCUT2D eigenvalue weighted by Crippen LogP contribution is 2.18. The molecule has 0 unspecified atom stereocenters. The van der Waals surface area contributed by atoms with E-state index in [2.05, 4.69) is 5.32 Å². The normalized spacial score (nSPS) is 11.0. The molecule has 1 heterocycles. The minimum absolute atomic E-state index is 0.248. The van der Waals surface area contributed by atoms with Crippen LogP contribution in [0.25, 0.3) is 11.1 Å². The molecule has 0 spiro atoms. The SMILES string of the molecule is Cc1ccc(Cn2c(=O)oc3ccc(C(=O)NCc4ccccc4Cl)cc32)cc1. The van der Waals surface area contributed by atoms with Gasteiger partial charge < -0.3 is 9.73 Å². The summed E-state index contributed by atoms with van der Waals surface area (Å²) in [7, 11) is 0. The van der Waals surface area contributed by atoms with Crippen LogP contribution in [0.2, 0.25) is 5.02 Å². The Bertz CT molecular complexity index is 1240. The van der Waals surface area contributed by atoms with Crippen LogP contribution in [0.15, 0.2) is 75.9 Å². The molecule has 0 bridgehead atoms. The van der Waals surface area contributed by atoms with Gasteiger partial charge in [-0.1, -0.05) is 59.6 Å². The molecule has 29 heavy (non-hydrogen) atoms. The number of nitrogens with one attached hydrogen (secondary N) is 1. The molecule has 0 atom stereocenters. The molecule has 5 nitrogen and oxygen atoms in total. The quantitative estimate of drug-likeness (QED) is 0.529. The van der Waals surface area contributed by atoms with Gasteiger partial charge in [-0.3, -0.25) is 9.36 Å². The summed E-state index contributed by atoms with van der Waals surface area (Å²) in [6.07, 6.45) is 0. The Balaban J connectivity index is 1.59. The number of carbonyl (C=O) groups is 1. The zero-order valence-corrected chi connectivity index (χ0v) is 16.6. The average Bonchev–Trinajstić information content (AvgIpc) is 3.03. The van der Waals surface area contributed by atoms with Crippen molar-refractivity contribution in [2.45, 2.75) is 20.0 Å². The molecule has 146 valence electrons. The monoisotopic (exact) mass is 406 g/mol. The molecule has 6 heteroatoms. The molecule has 0 saturated heterocycles. The van der Waals surface area contributed by atoms with Gasteiger partial charge in [0.25, 0.3) is 5.91 Å². The summed E-state index contributed by atoms with van der Waals surface area (Å²) in [5.74, 6) is -0.698. The van der Waals surface area contributed by atoms with E-state index in [1.807, 2.05) is 49.4 Å². The Morgan fingerprint density at radius 2 is 1.83 bits per heavy atom. The van der Waals surface area contributed by atoms with E-state index in [1.165, 1.54) is 4.57 Å². The fourth-order valence-electron chi connectivity index (χ4n) is 3.15. The van der Waals surface area contributed by atoms with Crippen LogP contribution < -0.4 is 11.1 Å². The minimum atomic E-state index is -0.450. The van der Waals surface area contributed by atoms with Crippen LogP contribution in [0.1, 0.15) is 27.0 Å². The van der Waals surface area contributed by atoms with E-state index >= 15 is 0 Å². The van der Waals surface area contributed by atoms with Gasteiger partial charge in [0, 0.05) is 17.1 Å². The second kappa shape index (κ2) is 7.97. The number of carbonyl (C=O) groups excluding carboxylic acids is 1. The van der Waals surface area contributed by atoms with Crippen LogP contribution in [0.5, 0.6) is 0 Å². The molecule has 0 fully saturated rings. The van der Waals surface area contributed by atoms with Gasteiger partial charge in [0.05, 0.1) is 12.1 Å². The number of aromatic nitrogens is 1. The molecular weight excluding hydrogens is 388 g/mol. The Hall–Kier alpha value is -3.31. The first-order valence-electron chi connectivity index (χ1n) is 9.22. The zero-order valence-electron chi connectivity index (χ0n) is 15.8. The number of hydrogen-bond donors (Lipinski definition) is 1. The number of nitrogens with zero attached hydrogens (tertiary/aromatic N) is 1. The van der Waals surface area contributed by atoms with Crippen molar-refractivity contribution in [2.75, 3.05) is 0 Å². The van der Waals surface area contributed by atoms with Crippen LogP contribution in [-0.4, -0.2) is 10.5 Å². The zero-order chi connectivity index (χ0) is 20.4. The number of benzene rings is 3. The van der Waals surface area contributed by atoms with E-state index in [9.17, 15) is 9.59 Å². The van der Waals surface area contributed by atoms with Gasteiger partial charge in [-0.15, -0.1) is 0 Å². The Morgan fingerprint density at radius 1 is 1.07 bits per heavy atom. The van der Waals surface area contributed by atoms with E-state index in [0.29, 0.717) is 34.8 Å². The smallest absolute Gasteiger partial charge is 0.408 e. The highest BCUT2D eigenvalue weighted by Gasteiger charge is 2.14.